The minimum absolute atomic E-state index is 0.000246. The molecule has 1 aromatic rings. The highest BCUT2D eigenvalue weighted by Gasteiger charge is 2.37. The van der Waals surface area contributed by atoms with Gasteiger partial charge in [-0.15, -0.1) is 0 Å². The molecule has 2 saturated heterocycles. The topological polar surface area (TPSA) is 60.9 Å². The Morgan fingerprint density at radius 2 is 1.67 bits per heavy atom. The Kier molecular flexibility index (Phi) is 4.83. The lowest BCUT2D eigenvalue weighted by Crippen LogP contribution is -2.40. The van der Waals surface area contributed by atoms with Gasteiger partial charge in [0, 0.05) is 51.8 Å². The quantitative estimate of drug-likeness (QED) is 0.817. The molecule has 1 aromatic carbocycles. The molecule has 6 heteroatoms. The number of hydrogen-bond donors (Lipinski definition) is 0. The van der Waals surface area contributed by atoms with Crippen LogP contribution in [0.1, 0.15) is 19.8 Å². The third-order valence-corrected chi connectivity index (χ3v) is 4.80. The number of hydrogen-bond acceptors (Lipinski definition) is 3. The van der Waals surface area contributed by atoms with E-state index in [1.54, 1.807) is 16.7 Å². The van der Waals surface area contributed by atoms with Crippen molar-refractivity contribution in [2.24, 2.45) is 5.92 Å². The lowest BCUT2D eigenvalue weighted by Gasteiger charge is -2.24. The van der Waals surface area contributed by atoms with E-state index in [1.165, 1.54) is 0 Å². The van der Waals surface area contributed by atoms with Crippen LogP contribution in [0.4, 0.5) is 5.69 Å². The second kappa shape index (κ2) is 7.03. The first kappa shape index (κ1) is 16.5. The van der Waals surface area contributed by atoms with Gasteiger partial charge in [-0.05, 0) is 18.6 Å². The van der Waals surface area contributed by atoms with Crippen molar-refractivity contribution >= 4 is 23.4 Å². The molecule has 0 aromatic heterocycles. The van der Waals surface area contributed by atoms with Crippen LogP contribution in [0.3, 0.4) is 0 Å². The minimum atomic E-state index is -0.290. The van der Waals surface area contributed by atoms with Crippen molar-refractivity contribution in [1.82, 2.24) is 9.80 Å². The third kappa shape index (κ3) is 3.42. The summed E-state index contributed by atoms with van der Waals surface area (Å²) in [5, 5.41) is 0. The van der Waals surface area contributed by atoms with Gasteiger partial charge in [0.05, 0.1) is 5.92 Å². The van der Waals surface area contributed by atoms with Crippen molar-refractivity contribution in [1.29, 1.82) is 0 Å². The van der Waals surface area contributed by atoms with Gasteiger partial charge < -0.3 is 14.7 Å². The van der Waals surface area contributed by atoms with E-state index in [4.69, 9.17) is 0 Å². The third-order valence-electron chi connectivity index (χ3n) is 4.80. The molecule has 6 nitrogen and oxygen atoms in total. The molecular weight excluding hydrogens is 306 g/mol. The van der Waals surface area contributed by atoms with Crippen LogP contribution in [0.2, 0.25) is 0 Å². The summed E-state index contributed by atoms with van der Waals surface area (Å²) in [7, 11) is 0. The summed E-state index contributed by atoms with van der Waals surface area (Å²) in [6.45, 7) is 4.47. The predicted octanol–water partition coefficient (Wildman–Crippen LogP) is 1.12. The maximum Gasteiger partial charge on any atom is 0.228 e. The Labute approximate surface area is 142 Å². The smallest absolute Gasteiger partial charge is 0.228 e. The summed E-state index contributed by atoms with van der Waals surface area (Å²) in [5.41, 5.74) is 0.844. The normalized spacial score (nSPS) is 21.8. The Hall–Kier alpha value is -2.37. The lowest BCUT2D eigenvalue weighted by molar-refractivity contribution is -0.136. The minimum Gasteiger partial charge on any atom is -0.341 e. The van der Waals surface area contributed by atoms with E-state index in [9.17, 15) is 14.4 Å². The molecule has 0 spiro atoms. The molecule has 2 aliphatic rings. The van der Waals surface area contributed by atoms with Crippen LogP contribution in [-0.2, 0) is 14.4 Å². The molecule has 3 rings (SSSR count). The van der Waals surface area contributed by atoms with Crippen LogP contribution in [-0.4, -0.2) is 60.2 Å². The highest BCUT2D eigenvalue weighted by molar-refractivity contribution is 6.00. The molecule has 2 heterocycles. The maximum absolute atomic E-state index is 12.8. The van der Waals surface area contributed by atoms with Crippen LogP contribution in [0.15, 0.2) is 30.3 Å². The first-order valence-electron chi connectivity index (χ1n) is 8.46. The van der Waals surface area contributed by atoms with E-state index < -0.39 is 0 Å². The number of amides is 3. The predicted molar refractivity (Wildman–Crippen MR) is 90.4 cm³/mol. The molecule has 0 unspecified atom stereocenters. The second-order valence-electron chi connectivity index (χ2n) is 6.43. The summed E-state index contributed by atoms with van der Waals surface area (Å²) >= 11 is 0. The zero-order valence-corrected chi connectivity index (χ0v) is 14.0. The van der Waals surface area contributed by atoms with E-state index in [0.29, 0.717) is 32.7 Å². The van der Waals surface area contributed by atoms with Crippen molar-refractivity contribution < 1.29 is 14.4 Å². The van der Waals surface area contributed by atoms with Crippen molar-refractivity contribution in [3.63, 3.8) is 0 Å². The van der Waals surface area contributed by atoms with Crippen LogP contribution in [0.25, 0.3) is 0 Å². The number of rotatable bonds is 2. The van der Waals surface area contributed by atoms with Gasteiger partial charge in [0.1, 0.15) is 0 Å². The van der Waals surface area contributed by atoms with Gasteiger partial charge in [0.25, 0.3) is 0 Å². The molecule has 3 amide bonds. The number of nitrogens with zero attached hydrogens (tertiary/aromatic N) is 3. The fraction of sp³-hybridized carbons (Fsp3) is 0.500. The van der Waals surface area contributed by atoms with Crippen molar-refractivity contribution in [3.05, 3.63) is 30.3 Å². The molecule has 1 atom stereocenters. The standard InChI is InChI=1S/C18H23N3O3/c1-14(22)19-8-5-9-20(11-10-19)18(24)15-12-17(23)21(13-15)16-6-3-2-4-7-16/h2-4,6-7,15H,5,8-13H2,1H3/t15-/m0/s1. The highest BCUT2D eigenvalue weighted by Crippen LogP contribution is 2.26. The summed E-state index contributed by atoms with van der Waals surface area (Å²) in [6, 6.07) is 9.47. The Morgan fingerprint density at radius 1 is 1.00 bits per heavy atom. The summed E-state index contributed by atoms with van der Waals surface area (Å²) in [6.07, 6.45) is 1.05. The Morgan fingerprint density at radius 3 is 2.38 bits per heavy atom. The van der Waals surface area contributed by atoms with E-state index in [1.807, 2.05) is 35.2 Å². The number of carbonyl (C=O) groups excluding carboxylic acids is 3. The molecule has 0 saturated carbocycles. The first-order chi connectivity index (χ1) is 11.6. The average Bonchev–Trinajstić information content (AvgIpc) is 2.81. The molecule has 2 aliphatic heterocycles. The van der Waals surface area contributed by atoms with E-state index in [2.05, 4.69) is 0 Å². The Bertz CT molecular complexity index is 632. The molecule has 2 fully saturated rings. The monoisotopic (exact) mass is 329 g/mol. The summed E-state index contributed by atoms with van der Waals surface area (Å²) in [4.78, 5) is 41.9. The highest BCUT2D eigenvalue weighted by atomic mass is 16.2. The van der Waals surface area contributed by atoms with E-state index in [-0.39, 0.29) is 30.1 Å². The number of benzene rings is 1. The fourth-order valence-corrected chi connectivity index (χ4v) is 3.44. The van der Waals surface area contributed by atoms with Gasteiger partial charge in [-0.3, -0.25) is 14.4 Å². The van der Waals surface area contributed by atoms with Crippen LogP contribution >= 0.6 is 0 Å². The van der Waals surface area contributed by atoms with E-state index in [0.717, 1.165) is 12.1 Å². The van der Waals surface area contributed by atoms with Gasteiger partial charge in [-0.1, -0.05) is 18.2 Å². The van der Waals surface area contributed by atoms with Gasteiger partial charge in [-0.25, -0.2) is 0 Å². The molecule has 0 N–H and O–H groups in total. The van der Waals surface area contributed by atoms with Crippen molar-refractivity contribution in [2.75, 3.05) is 37.6 Å². The molecule has 0 aliphatic carbocycles. The molecular formula is C18H23N3O3. The molecule has 128 valence electrons. The first-order valence-corrected chi connectivity index (χ1v) is 8.46. The lowest BCUT2D eigenvalue weighted by atomic mass is 10.1. The summed E-state index contributed by atoms with van der Waals surface area (Å²) in [5.74, 6) is -0.205. The molecule has 0 radical (unpaired) electrons. The largest absolute Gasteiger partial charge is 0.341 e. The van der Waals surface area contributed by atoms with Crippen LogP contribution in [0, 0.1) is 5.92 Å². The van der Waals surface area contributed by atoms with Gasteiger partial charge >= 0.3 is 0 Å². The van der Waals surface area contributed by atoms with Crippen molar-refractivity contribution in [2.45, 2.75) is 19.8 Å². The van der Waals surface area contributed by atoms with E-state index >= 15 is 0 Å². The van der Waals surface area contributed by atoms with Crippen LogP contribution < -0.4 is 4.90 Å². The van der Waals surface area contributed by atoms with Gasteiger partial charge in [0.2, 0.25) is 17.7 Å². The maximum atomic E-state index is 12.8. The fourth-order valence-electron chi connectivity index (χ4n) is 3.44. The van der Waals surface area contributed by atoms with Gasteiger partial charge in [-0.2, -0.15) is 0 Å². The zero-order chi connectivity index (χ0) is 17.1. The summed E-state index contributed by atoms with van der Waals surface area (Å²) < 4.78 is 0. The SMILES string of the molecule is CC(=O)N1CCCN(C(=O)[C@H]2CC(=O)N(c3ccccc3)C2)CC1. The molecule has 0 bridgehead atoms. The van der Waals surface area contributed by atoms with Gasteiger partial charge in [0.15, 0.2) is 0 Å². The average molecular weight is 329 g/mol. The number of carbonyl (C=O) groups is 3. The second-order valence-corrected chi connectivity index (χ2v) is 6.43. The molecule has 24 heavy (non-hydrogen) atoms. The van der Waals surface area contributed by atoms with Crippen molar-refractivity contribution in [3.8, 4) is 0 Å². The Balaban J connectivity index is 1.64. The number of para-hydroxylation sites is 1. The van der Waals surface area contributed by atoms with Crippen LogP contribution in [0.5, 0.6) is 0 Å². The number of anilines is 1. The zero-order valence-electron chi connectivity index (χ0n) is 14.0.